The molecule has 0 radical (unpaired) electrons. The fraction of sp³-hybridized carbons (Fsp3) is 0.833. The summed E-state index contributed by atoms with van der Waals surface area (Å²) in [6.45, 7) is 15.5. The fourth-order valence-electron chi connectivity index (χ4n) is 1.58. The van der Waals surface area contributed by atoms with Crippen LogP contribution in [0.4, 0.5) is 0 Å². The van der Waals surface area contributed by atoms with Gasteiger partial charge in [0.15, 0.2) is 0 Å². The largest absolute Gasteiger partial charge is 0.375 e. The molecule has 0 aromatic carbocycles. The van der Waals surface area contributed by atoms with Crippen LogP contribution in [0.5, 0.6) is 0 Å². The number of nitrogens with one attached hydrogen (secondary N) is 1. The van der Waals surface area contributed by atoms with E-state index >= 15 is 0 Å². The van der Waals surface area contributed by atoms with Gasteiger partial charge < -0.3 is 15.0 Å². The molecule has 0 aromatic heterocycles. The Morgan fingerprint density at radius 3 is 2.67 bits per heavy atom. The van der Waals surface area contributed by atoms with Crippen molar-refractivity contribution in [3.8, 4) is 0 Å². The summed E-state index contributed by atoms with van der Waals surface area (Å²) in [5.41, 5.74) is 0. The molecule has 1 rings (SSSR count). The third-order valence-electron chi connectivity index (χ3n) is 3.02. The van der Waals surface area contributed by atoms with Gasteiger partial charge in [0.05, 0.1) is 18.5 Å². The Balaban J connectivity index is 2.39. The van der Waals surface area contributed by atoms with E-state index in [0.29, 0.717) is 18.1 Å². The maximum Gasteiger partial charge on any atom is 0.0942 e. The smallest absolute Gasteiger partial charge is 0.0942 e. The van der Waals surface area contributed by atoms with Gasteiger partial charge in [-0.05, 0) is 19.8 Å². The van der Waals surface area contributed by atoms with Crippen molar-refractivity contribution < 1.29 is 4.74 Å². The Hall–Kier alpha value is -0.700. The van der Waals surface area contributed by atoms with Gasteiger partial charge in [-0.25, -0.2) is 0 Å². The molecule has 2 atom stereocenters. The highest BCUT2D eigenvalue weighted by atomic mass is 16.5. The molecule has 88 valence electrons. The number of rotatable bonds is 4. The second kappa shape index (κ2) is 5.40. The normalized spacial score (nSPS) is 24.1. The highest BCUT2D eigenvalue weighted by molar-refractivity contribution is 4.95. The molecule has 1 aliphatic heterocycles. The zero-order chi connectivity index (χ0) is 11.4. The van der Waals surface area contributed by atoms with E-state index in [2.05, 4.69) is 44.5 Å². The van der Waals surface area contributed by atoms with Crippen LogP contribution in [-0.2, 0) is 4.74 Å². The van der Waals surface area contributed by atoms with E-state index in [1.165, 1.54) is 0 Å². The Kier molecular flexibility index (Phi) is 4.45. The third kappa shape index (κ3) is 3.74. The molecule has 1 heterocycles. The lowest BCUT2D eigenvalue weighted by Crippen LogP contribution is -2.45. The molecule has 0 unspecified atom stereocenters. The van der Waals surface area contributed by atoms with Crippen molar-refractivity contribution >= 4 is 0 Å². The van der Waals surface area contributed by atoms with Gasteiger partial charge in [0, 0.05) is 19.1 Å². The molecule has 0 aromatic rings. The standard InChI is InChI=1S/C12H24N2O/c1-9(2)11(4)13-12(5)14-6-7-15-10(3)8-14/h9-11,13H,5-8H2,1-4H3/t10-,11+/m0/s1. The van der Waals surface area contributed by atoms with Gasteiger partial charge >= 0.3 is 0 Å². The molecular formula is C12H24N2O. The van der Waals surface area contributed by atoms with Crippen LogP contribution in [0.2, 0.25) is 0 Å². The lowest BCUT2D eigenvalue weighted by molar-refractivity contribution is -0.00872. The zero-order valence-electron chi connectivity index (χ0n) is 10.4. The molecule has 0 amide bonds. The van der Waals surface area contributed by atoms with Crippen LogP contribution < -0.4 is 5.32 Å². The highest BCUT2D eigenvalue weighted by Gasteiger charge is 2.19. The van der Waals surface area contributed by atoms with Gasteiger partial charge in [-0.2, -0.15) is 0 Å². The molecule has 3 heteroatoms. The Bertz CT molecular complexity index is 216. The van der Waals surface area contributed by atoms with Crippen LogP contribution in [0.25, 0.3) is 0 Å². The summed E-state index contributed by atoms with van der Waals surface area (Å²) >= 11 is 0. The number of morpholine rings is 1. The molecule has 15 heavy (non-hydrogen) atoms. The van der Waals surface area contributed by atoms with E-state index in [0.717, 1.165) is 25.5 Å². The van der Waals surface area contributed by atoms with Gasteiger partial charge in [-0.3, -0.25) is 0 Å². The molecule has 3 nitrogen and oxygen atoms in total. The number of hydrogen-bond donors (Lipinski definition) is 1. The lowest BCUT2D eigenvalue weighted by Gasteiger charge is -2.36. The second-order valence-corrected chi connectivity index (χ2v) is 4.75. The summed E-state index contributed by atoms with van der Waals surface area (Å²) in [6, 6.07) is 0.468. The molecule has 0 saturated carbocycles. The van der Waals surface area contributed by atoms with Gasteiger partial charge in [-0.1, -0.05) is 20.4 Å². The summed E-state index contributed by atoms with van der Waals surface area (Å²) < 4.78 is 5.50. The summed E-state index contributed by atoms with van der Waals surface area (Å²) in [5, 5.41) is 3.45. The lowest BCUT2D eigenvalue weighted by atomic mass is 10.1. The van der Waals surface area contributed by atoms with Crippen LogP contribution in [0.15, 0.2) is 12.4 Å². The first-order chi connectivity index (χ1) is 7.00. The van der Waals surface area contributed by atoms with E-state index in [-0.39, 0.29) is 0 Å². The summed E-state index contributed by atoms with van der Waals surface area (Å²) in [5.74, 6) is 1.66. The minimum absolute atomic E-state index is 0.312. The van der Waals surface area contributed by atoms with Crippen molar-refractivity contribution in [3.05, 3.63) is 12.4 Å². The van der Waals surface area contributed by atoms with Gasteiger partial charge in [0.2, 0.25) is 0 Å². The van der Waals surface area contributed by atoms with Crippen molar-refractivity contribution in [2.45, 2.75) is 39.8 Å². The van der Waals surface area contributed by atoms with Crippen LogP contribution in [-0.4, -0.2) is 36.7 Å². The van der Waals surface area contributed by atoms with E-state index in [1.54, 1.807) is 0 Å². The number of ether oxygens (including phenoxy) is 1. The Morgan fingerprint density at radius 1 is 1.47 bits per heavy atom. The predicted molar refractivity (Wildman–Crippen MR) is 63.6 cm³/mol. The average molecular weight is 212 g/mol. The molecule has 0 bridgehead atoms. The molecule has 1 aliphatic rings. The third-order valence-corrected chi connectivity index (χ3v) is 3.02. The first kappa shape index (κ1) is 12.4. The van der Waals surface area contributed by atoms with Crippen molar-refractivity contribution in [2.24, 2.45) is 5.92 Å². The minimum atomic E-state index is 0.312. The number of hydrogen-bond acceptors (Lipinski definition) is 3. The van der Waals surface area contributed by atoms with Gasteiger partial charge in [0.25, 0.3) is 0 Å². The number of nitrogens with zero attached hydrogens (tertiary/aromatic N) is 1. The molecular weight excluding hydrogens is 188 g/mol. The molecule has 1 fully saturated rings. The van der Waals surface area contributed by atoms with E-state index in [1.807, 2.05) is 0 Å². The maximum atomic E-state index is 5.50. The van der Waals surface area contributed by atoms with Crippen molar-refractivity contribution in [3.63, 3.8) is 0 Å². The zero-order valence-corrected chi connectivity index (χ0v) is 10.4. The van der Waals surface area contributed by atoms with Crippen LogP contribution >= 0.6 is 0 Å². The van der Waals surface area contributed by atoms with Gasteiger partial charge in [-0.15, -0.1) is 0 Å². The summed E-state index contributed by atoms with van der Waals surface area (Å²) in [6.07, 6.45) is 0.312. The topological polar surface area (TPSA) is 24.5 Å². The SMILES string of the molecule is C=C(N[C@H](C)C(C)C)N1CCO[C@@H](C)C1. The highest BCUT2D eigenvalue weighted by Crippen LogP contribution is 2.10. The van der Waals surface area contributed by atoms with Crippen LogP contribution in [0, 0.1) is 5.92 Å². The van der Waals surface area contributed by atoms with Gasteiger partial charge in [0.1, 0.15) is 0 Å². The van der Waals surface area contributed by atoms with Crippen molar-refractivity contribution in [1.29, 1.82) is 0 Å². The quantitative estimate of drug-likeness (QED) is 0.769. The van der Waals surface area contributed by atoms with Crippen LogP contribution in [0.3, 0.4) is 0 Å². The molecule has 0 spiro atoms. The van der Waals surface area contributed by atoms with E-state index in [9.17, 15) is 0 Å². The molecule has 1 saturated heterocycles. The van der Waals surface area contributed by atoms with E-state index < -0.39 is 0 Å². The Labute approximate surface area is 93.5 Å². The van der Waals surface area contributed by atoms with Crippen molar-refractivity contribution in [1.82, 2.24) is 10.2 Å². The van der Waals surface area contributed by atoms with E-state index in [4.69, 9.17) is 4.74 Å². The summed E-state index contributed by atoms with van der Waals surface area (Å²) in [4.78, 5) is 2.27. The molecule has 0 aliphatic carbocycles. The monoisotopic (exact) mass is 212 g/mol. The predicted octanol–water partition coefficient (Wildman–Crippen LogP) is 1.81. The average Bonchev–Trinajstić information content (AvgIpc) is 2.17. The first-order valence-corrected chi connectivity index (χ1v) is 5.82. The fourth-order valence-corrected chi connectivity index (χ4v) is 1.58. The first-order valence-electron chi connectivity index (χ1n) is 5.82. The minimum Gasteiger partial charge on any atom is -0.375 e. The Morgan fingerprint density at radius 2 is 2.13 bits per heavy atom. The maximum absolute atomic E-state index is 5.50. The van der Waals surface area contributed by atoms with Crippen LogP contribution in [0.1, 0.15) is 27.7 Å². The van der Waals surface area contributed by atoms with Crippen molar-refractivity contribution in [2.75, 3.05) is 19.7 Å². The second-order valence-electron chi connectivity index (χ2n) is 4.75. The molecule has 1 N–H and O–H groups in total. The summed E-state index contributed by atoms with van der Waals surface area (Å²) in [7, 11) is 0.